The molecule has 15 heavy (non-hydrogen) atoms. The Hall–Kier alpha value is -1.07. The molecule has 1 aliphatic rings. The van der Waals surface area contributed by atoms with Crippen molar-refractivity contribution in [2.75, 3.05) is 37.7 Å². The lowest BCUT2D eigenvalue weighted by Gasteiger charge is -2.24. The van der Waals surface area contributed by atoms with E-state index in [1.807, 2.05) is 6.92 Å². The van der Waals surface area contributed by atoms with Crippen LogP contribution >= 0.6 is 0 Å². The highest BCUT2D eigenvalue weighted by Gasteiger charge is 2.17. The molecule has 1 fully saturated rings. The van der Waals surface area contributed by atoms with Crippen molar-refractivity contribution in [3.05, 3.63) is 12.0 Å². The molecule has 0 aliphatic carbocycles. The summed E-state index contributed by atoms with van der Waals surface area (Å²) in [4.78, 5) is 6.52. The molecule has 0 saturated carbocycles. The first-order valence-electron chi connectivity index (χ1n) is 5.29. The second-order valence-electron chi connectivity index (χ2n) is 3.79. The van der Waals surface area contributed by atoms with Gasteiger partial charge in [-0.05, 0) is 0 Å². The Morgan fingerprint density at radius 3 is 2.93 bits per heavy atom. The molecule has 84 valence electrons. The van der Waals surface area contributed by atoms with Gasteiger partial charge in [-0.1, -0.05) is 6.92 Å². The standard InChI is InChI=1S/C10H17N3O2/c1-8(6-11)9-7-15-10(12-9)13-2-4-14-5-3-13/h7-8H,2-6,11H2,1H3. The van der Waals surface area contributed by atoms with Gasteiger partial charge in [-0.25, -0.2) is 0 Å². The van der Waals surface area contributed by atoms with Gasteiger partial charge in [0.25, 0.3) is 6.01 Å². The van der Waals surface area contributed by atoms with E-state index in [1.165, 1.54) is 0 Å². The fourth-order valence-corrected chi connectivity index (χ4v) is 1.52. The summed E-state index contributed by atoms with van der Waals surface area (Å²) in [6.45, 7) is 5.80. The van der Waals surface area contributed by atoms with Crippen LogP contribution in [0.4, 0.5) is 6.01 Å². The molecule has 1 aromatic rings. The van der Waals surface area contributed by atoms with Gasteiger partial charge >= 0.3 is 0 Å². The quantitative estimate of drug-likeness (QED) is 0.792. The lowest BCUT2D eigenvalue weighted by atomic mass is 10.1. The van der Waals surface area contributed by atoms with Crippen molar-refractivity contribution in [2.24, 2.45) is 5.73 Å². The minimum Gasteiger partial charge on any atom is -0.432 e. The Balaban J connectivity index is 2.05. The number of hydrogen-bond acceptors (Lipinski definition) is 5. The highest BCUT2D eigenvalue weighted by Crippen LogP contribution is 2.19. The van der Waals surface area contributed by atoms with Crippen molar-refractivity contribution in [1.82, 2.24) is 4.98 Å². The van der Waals surface area contributed by atoms with Crippen LogP contribution in [0.3, 0.4) is 0 Å². The van der Waals surface area contributed by atoms with E-state index < -0.39 is 0 Å². The highest BCUT2D eigenvalue weighted by atomic mass is 16.5. The Kier molecular flexibility index (Phi) is 3.23. The lowest BCUT2D eigenvalue weighted by Crippen LogP contribution is -2.36. The zero-order valence-electron chi connectivity index (χ0n) is 8.98. The molecular weight excluding hydrogens is 194 g/mol. The summed E-state index contributed by atoms with van der Waals surface area (Å²) in [7, 11) is 0. The van der Waals surface area contributed by atoms with E-state index in [0.717, 1.165) is 32.0 Å². The van der Waals surface area contributed by atoms with Crippen LogP contribution in [0.25, 0.3) is 0 Å². The molecule has 5 nitrogen and oxygen atoms in total. The average Bonchev–Trinajstić information content (AvgIpc) is 2.78. The Labute approximate surface area is 89.2 Å². The van der Waals surface area contributed by atoms with E-state index in [-0.39, 0.29) is 5.92 Å². The maximum absolute atomic E-state index is 5.58. The van der Waals surface area contributed by atoms with Crippen molar-refractivity contribution in [3.63, 3.8) is 0 Å². The van der Waals surface area contributed by atoms with Gasteiger partial charge in [0.15, 0.2) is 0 Å². The molecule has 2 heterocycles. The first kappa shape index (κ1) is 10.4. The Morgan fingerprint density at radius 2 is 2.27 bits per heavy atom. The van der Waals surface area contributed by atoms with E-state index in [4.69, 9.17) is 14.9 Å². The molecule has 2 N–H and O–H groups in total. The highest BCUT2D eigenvalue weighted by molar-refractivity contribution is 5.28. The molecule has 1 atom stereocenters. The molecule has 0 aromatic carbocycles. The van der Waals surface area contributed by atoms with Gasteiger partial charge in [0.1, 0.15) is 6.26 Å². The number of ether oxygens (including phenoxy) is 1. The minimum atomic E-state index is 0.253. The number of hydrogen-bond donors (Lipinski definition) is 1. The summed E-state index contributed by atoms with van der Waals surface area (Å²) in [5.74, 6) is 0.253. The van der Waals surface area contributed by atoms with Gasteiger partial charge in [-0.15, -0.1) is 0 Å². The van der Waals surface area contributed by atoms with Crippen LogP contribution in [0.15, 0.2) is 10.7 Å². The molecule has 5 heteroatoms. The van der Waals surface area contributed by atoms with Gasteiger partial charge in [-0.3, -0.25) is 0 Å². The number of nitrogens with two attached hydrogens (primary N) is 1. The fourth-order valence-electron chi connectivity index (χ4n) is 1.52. The average molecular weight is 211 g/mol. The SMILES string of the molecule is CC(CN)c1coc(N2CCOCC2)n1. The molecule has 1 unspecified atom stereocenters. The second-order valence-corrected chi connectivity index (χ2v) is 3.79. The number of anilines is 1. The van der Waals surface area contributed by atoms with Gasteiger partial charge < -0.3 is 19.8 Å². The van der Waals surface area contributed by atoms with Crippen LogP contribution in [0.5, 0.6) is 0 Å². The van der Waals surface area contributed by atoms with Crippen molar-refractivity contribution in [2.45, 2.75) is 12.8 Å². The minimum absolute atomic E-state index is 0.253. The maximum atomic E-state index is 5.58. The summed E-state index contributed by atoms with van der Waals surface area (Å²) in [5, 5.41) is 0. The third-order valence-corrected chi connectivity index (χ3v) is 2.65. The van der Waals surface area contributed by atoms with E-state index in [9.17, 15) is 0 Å². The molecular formula is C10H17N3O2. The van der Waals surface area contributed by atoms with Crippen molar-refractivity contribution in [1.29, 1.82) is 0 Å². The van der Waals surface area contributed by atoms with Crippen LogP contribution in [0, 0.1) is 0 Å². The van der Waals surface area contributed by atoms with Crippen molar-refractivity contribution in [3.8, 4) is 0 Å². The van der Waals surface area contributed by atoms with E-state index in [2.05, 4.69) is 9.88 Å². The first-order chi connectivity index (χ1) is 7.31. The predicted octanol–water partition coefficient (Wildman–Crippen LogP) is 0.573. The lowest BCUT2D eigenvalue weighted by molar-refractivity contribution is 0.120. The van der Waals surface area contributed by atoms with Gasteiger partial charge in [0.05, 0.1) is 18.9 Å². The monoisotopic (exact) mass is 211 g/mol. The van der Waals surface area contributed by atoms with Gasteiger partial charge in [-0.2, -0.15) is 4.98 Å². The molecule has 2 rings (SSSR count). The van der Waals surface area contributed by atoms with E-state index in [1.54, 1.807) is 6.26 Å². The Morgan fingerprint density at radius 1 is 1.53 bits per heavy atom. The van der Waals surface area contributed by atoms with Crippen LogP contribution < -0.4 is 10.6 Å². The second kappa shape index (κ2) is 4.63. The summed E-state index contributed by atoms with van der Waals surface area (Å²) in [5.41, 5.74) is 6.51. The van der Waals surface area contributed by atoms with Crippen molar-refractivity contribution < 1.29 is 9.15 Å². The summed E-state index contributed by atoms with van der Waals surface area (Å²) >= 11 is 0. The largest absolute Gasteiger partial charge is 0.432 e. The summed E-state index contributed by atoms with van der Waals surface area (Å²) in [6.07, 6.45) is 1.70. The third kappa shape index (κ3) is 2.30. The number of morpholine rings is 1. The molecule has 0 amide bonds. The normalized spacial score (nSPS) is 19.2. The number of nitrogens with zero attached hydrogens (tertiary/aromatic N) is 2. The van der Waals surface area contributed by atoms with Gasteiger partial charge in [0.2, 0.25) is 0 Å². The van der Waals surface area contributed by atoms with E-state index >= 15 is 0 Å². The predicted molar refractivity (Wildman–Crippen MR) is 57.0 cm³/mol. The van der Waals surface area contributed by atoms with E-state index in [0.29, 0.717) is 12.6 Å². The molecule has 0 spiro atoms. The third-order valence-electron chi connectivity index (χ3n) is 2.65. The van der Waals surface area contributed by atoms with Crippen LogP contribution in [-0.4, -0.2) is 37.8 Å². The molecule has 1 aliphatic heterocycles. The molecule has 0 radical (unpaired) electrons. The zero-order chi connectivity index (χ0) is 10.7. The van der Waals surface area contributed by atoms with Gasteiger partial charge in [0, 0.05) is 25.6 Å². The smallest absolute Gasteiger partial charge is 0.297 e. The first-order valence-corrected chi connectivity index (χ1v) is 5.29. The maximum Gasteiger partial charge on any atom is 0.297 e. The zero-order valence-corrected chi connectivity index (χ0v) is 8.98. The van der Waals surface area contributed by atoms with Crippen LogP contribution in [-0.2, 0) is 4.74 Å². The fraction of sp³-hybridized carbons (Fsp3) is 0.700. The summed E-state index contributed by atoms with van der Waals surface area (Å²) in [6, 6.07) is 0.689. The molecule has 1 saturated heterocycles. The van der Waals surface area contributed by atoms with Crippen LogP contribution in [0.1, 0.15) is 18.5 Å². The summed E-state index contributed by atoms with van der Waals surface area (Å²) < 4.78 is 10.7. The Bertz CT molecular complexity index is 307. The number of aromatic nitrogens is 1. The molecule has 1 aromatic heterocycles. The number of rotatable bonds is 3. The van der Waals surface area contributed by atoms with Crippen molar-refractivity contribution >= 4 is 6.01 Å². The molecule has 0 bridgehead atoms. The number of oxazole rings is 1. The topological polar surface area (TPSA) is 64.5 Å². The van der Waals surface area contributed by atoms with Crippen LogP contribution in [0.2, 0.25) is 0 Å².